The fraction of sp³-hybridized carbons (Fsp3) is 0.333. The summed E-state index contributed by atoms with van der Waals surface area (Å²) in [6.07, 6.45) is 2.79. The summed E-state index contributed by atoms with van der Waals surface area (Å²) in [6, 6.07) is 9.93. The van der Waals surface area contributed by atoms with E-state index in [-0.39, 0.29) is 11.5 Å². The van der Waals surface area contributed by atoms with E-state index in [9.17, 15) is 4.79 Å². The van der Waals surface area contributed by atoms with Crippen LogP contribution in [0.15, 0.2) is 47.3 Å². The molecule has 0 aliphatic carbocycles. The normalized spacial score (nSPS) is 21.6. The Morgan fingerprint density at radius 3 is 3.04 bits per heavy atom. The van der Waals surface area contributed by atoms with Gasteiger partial charge in [-0.25, -0.2) is 4.98 Å². The number of rotatable bonds is 2. The first-order chi connectivity index (χ1) is 13.1. The van der Waals surface area contributed by atoms with E-state index in [0.717, 1.165) is 42.2 Å². The van der Waals surface area contributed by atoms with Crippen molar-refractivity contribution in [1.82, 2.24) is 14.5 Å². The minimum Gasteiger partial charge on any atom is -0.363 e. The highest BCUT2D eigenvalue weighted by Crippen LogP contribution is 2.36. The smallest absolute Gasteiger partial charge is 0.253 e. The van der Waals surface area contributed by atoms with E-state index in [1.165, 1.54) is 5.56 Å². The molecule has 1 atom stereocenters. The van der Waals surface area contributed by atoms with Crippen LogP contribution in [0.4, 0.5) is 0 Å². The fourth-order valence-electron chi connectivity index (χ4n) is 4.12. The number of hydrogen-bond acceptors (Lipinski definition) is 4. The zero-order valence-corrected chi connectivity index (χ0v) is 16.0. The zero-order chi connectivity index (χ0) is 18.4. The molecule has 138 valence electrons. The molecular weight excluding hydrogens is 358 g/mol. The van der Waals surface area contributed by atoms with E-state index < -0.39 is 0 Å². The van der Waals surface area contributed by atoms with Crippen molar-refractivity contribution < 1.29 is 9.53 Å². The van der Waals surface area contributed by atoms with Crippen LogP contribution in [0.5, 0.6) is 0 Å². The van der Waals surface area contributed by atoms with Crippen LogP contribution in [0.1, 0.15) is 28.2 Å². The summed E-state index contributed by atoms with van der Waals surface area (Å²) in [5, 5.41) is 4.23. The molecule has 1 fully saturated rings. The molecule has 0 saturated carbocycles. The Balaban J connectivity index is 1.39. The van der Waals surface area contributed by atoms with Gasteiger partial charge in [0, 0.05) is 23.1 Å². The predicted molar refractivity (Wildman–Crippen MR) is 105 cm³/mol. The van der Waals surface area contributed by atoms with Crippen LogP contribution >= 0.6 is 11.3 Å². The second-order valence-corrected chi connectivity index (χ2v) is 8.26. The molecule has 1 aromatic carbocycles. The van der Waals surface area contributed by atoms with Gasteiger partial charge in [-0.05, 0) is 36.9 Å². The quantitative estimate of drug-likeness (QED) is 0.682. The molecule has 3 aromatic rings. The van der Waals surface area contributed by atoms with Crippen molar-refractivity contribution in [2.75, 3.05) is 13.1 Å². The van der Waals surface area contributed by atoms with Crippen molar-refractivity contribution in [2.45, 2.75) is 32.1 Å². The summed E-state index contributed by atoms with van der Waals surface area (Å²) < 4.78 is 8.52. The summed E-state index contributed by atoms with van der Waals surface area (Å²) in [5.74, 6) is 1.05. The molecule has 0 N–H and O–H groups in total. The summed E-state index contributed by atoms with van der Waals surface area (Å²) in [5.41, 5.74) is 3.87. The minimum absolute atomic E-state index is 0.0914. The third-order valence-corrected chi connectivity index (χ3v) is 6.26. The van der Waals surface area contributed by atoms with Gasteiger partial charge in [-0.3, -0.25) is 4.79 Å². The topological polar surface area (TPSA) is 47.4 Å². The van der Waals surface area contributed by atoms with E-state index >= 15 is 0 Å². The molecule has 2 aromatic heterocycles. The molecular formula is C21H21N3O2S. The SMILES string of the molecule is Cc1cccc(C(=O)N2CC[C@]3(C2)Cn2c(-c4ccsc4)cnc2CO3)c1. The molecule has 5 rings (SSSR count). The molecule has 0 unspecified atom stereocenters. The van der Waals surface area contributed by atoms with Crippen LogP contribution in [0.25, 0.3) is 11.3 Å². The third kappa shape index (κ3) is 2.89. The number of imidazole rings is 1. The Labute approximate surface area is 162 Å². The monoisotopic (exact) mass is 379 g/mol. The highest BCUT2D eigenvalue weighted by atomic mass is 32.1. The number of nitrogens with zero attached hydrogens (tertiary/aromatic N) is 3. The second-order valence-electron chi connectivity index (χ2n) is 7.48. The Morgan fingerprint density at radius 1 is 1.30 bits per heavy atom. The first-order valence-electron chi connectivity index (χ1n) is 9.20. The average Bonchev–Trinajstić information content (AvgIpc) is 3.41. The van der Waals surface area contributed by atoms with Crippen molar-refractivity contribution in [3.8, 4) is 11.3 Å². The number of benzene rings is 1. The lowest BCUT2D eigenvalue weighted by atomic mass is 10.0. The van der Waals surface area contributed by atoms with Crippen LogP contribution in [-0.2, 0) is 17.9 Å². The number of hydrogen-bond donors (Lipinski definition) is 0. The van der Waals surface area contributed by atoms with Gasteiger partial charge in [-0.1, -0.05) is 17.7 Å². The van der Waals surface area contributed by atoms with Crippen LogP contribution < -0.4 is 0 Å². The standard InChI is InChI=1S/C21H21N3O2S/c1-15-3-2-4-16(9-15)20(25)23-7-6-21(13-23)14-24-18(17-5-8-27-12-17)10-22-19(24)11-26-21/h2-5,8-10,12H,6-7,11,13-14H2,1H3/t21-/m0/s1. The Kier molecular flexibility index (Phi) is 3.91. The van der Waals surface area contributed by atoms with Gasteiger partial charge in [-0.2, -0.15) is 11.3 Å². The lowest BCUT2D eigenvalue weighted by Crippen LogP contribution is -2.45. The van der Waals surface area contributed by atoms with Crippen LogP contribution in [0.2, 0.25) is 0 Å². The Bertz CT molecular complexity index is 995. The van der Waals surface area contributed by atoms with Crippen molar-refractivity contribution in [2.24, 2.45) is 0 Å². The first-order valence-corrected chi connectivity index (χ1v) is 10.1. The van der Waals surface area contributed by atoms with Crippen molar-refractivity contribution >= 4 is 17.2 Å². The number of fused-ring (bicyclic) bond motifs is 1. The largest absolute Gasteiger partial charge is 0.363 e. The van der Waals surface area contributed by atoms with E-state index in [1.54, 1.807) is 11.3 Å². The maximum Gasteiger partial charge on any atom is 0.253 e. The predicted octanol–water partition coefficient (Wildman–Crippen LogP) is 3.74. The van der Waals surface area contributed by atoms with Crippen molar-refractivity contribution in [1.29, 1.82) is 0 Å². The Hall–Kier alpha value is -2.44. The van der Waals surface area contributed by atoms with E-state index in [4.69, 9.17) is 4.74 Å². The molecule has 4 heterocycles. The summed E-state index contributed by atoms with van der Waals surface area (Å²) in [4.78, 5) is 19.4. The van der Waals surface area contributed by atoms with E-state index in [1.807, 2.05) is 42.3 Å². The average molecular weight is 379 g/mol. The molecule has 27 heavy (non-hydrogen) atoms. The molecule has 2 aliphatic heterocycles. The highest BCUT2D eigenvalue weighted by molar-refractivity contribution is 7.08. The van der Waals surface area contributed by atoms with Gasteiger partial charge in [0.15, 0.2) is 0 Å². The maximum absolute atomic E-state index is 12.9. The Morgan fingerprint density at radius 2 is 2.22 bits per heavy atom. The summed E-state index contributed by atoms with van der Waals surface area (Å²) >= 11 is 1.69. The number of thiophene rings is 1. The van der Waals surface area contributed by atoms with Crippen LogP contribution in [0.3, 0.4) is 0 Å². The van der Waals surface area contributed by atoms with Crippen LogP contribution in [0, 0.1) is 6.92 Å². The summed E-state index contributed by atoms with van der Waals surface area (Å²) in [6.45, 7) is 4.60. The number of ether oxygens (including phenoxy) is 1. The number of carbonyl (C=O) groups is 1. The molecule has 1 spiro atoms. The molecule has 5 nitrogen and oxygen atoms in total. The number of aromatic nitrogens is 2. The van der Waals surface area contributed by atoms with Crippen molar-refractivity contribution in [3.05, 3.63) is 64.2 Å². The van der Waals surface area contributed by atoms with Gasteiger partial charge >= 0.3 is 0 Å². The lowest BCUT2D eigenvalue weighted by molar-refractivity contribution is -0.0804. The number of likely N-dealkylation sites (tertiary alicyclic amines) is 1. The van der Waals surface area contributed by atoms with Gasteiger partial charge in [-0.15, -0.1) is 0 Å². The fourth-order valence-corrected chi connectivity index (χ4v) is 4.77. The molecule has 2 aliphatic rings. The molecule has 1 saturated heterocycles. The first kappa shape index (κ1) is 16.7. The van der Waals surface area contributed by atoms with Gasteiger partial charge < -0.3 is 14.2 Å². The van der Waals surface area contributed by atoms with Gasteiger partial charge in [0.25, 0.3) is 5.91 Å². The highest BCUT2D eigenvalue weighted by Gasteiger charge is 2.44. The van der Waals surface area contributed by atoms with Gasteiger partial charge in [0.1, 0.15) is 18.0 Å². The molecule has 0 radical (unpaired) electrons. The van der Waals surface area contributed by atoms with Crippen molar-refractivity contribution in [3.63, 3.8) is 0 Å². The molecule has 1 amide bonds. The summed E-state index contributed by atoms with van der Waals surface area (Å²) in [7, 11) is 0. The van der Waals surface area contributed by atoms with E-state index in [0.29, 0.717) is 13.2 Å². The minimum atomic E-state index is -0.321. The van der Waals surface area contributed by atoms with Gasteiger partial charge in [0.05, 0.1) is 25.0 Å². The second kappa shape index (κ2) is 6.32. The van der Waals surface area contributed by atoms with E-state index in [2.05, 4.69) is 26.4 Å². The van der Waals surface area contributed by atoms with Crippen LogP contribution in [-0.4, -0.2) is 39.0 Å². The zero-order valence-electron chi connectivity index (χ0n) is 15.2. The number of carbonyl (C=O) groups excluding carboxylic acids is 1. The maximum atomic E-state index is 12.9. The number of aryl methyl sites for hydroxylation is 1. The molecule has 6 heteroatoms. The third-order valence-electron chi connectivity index (χ3n) is 5.58. The number of amides is 1. The lowest BCUT2D eigenvalue weighted by Gasteiger charge is -2.35. The molecule has 0 bridgehead atoms. The van der Waals surface area contributed by atoms with Gasteiger partial charge in [0.2, 0.25) is 0 Å².